The van der Waals surface area contributed by atoms with Crippen LogP contribution in [0.15, 0.2) is 53.1 Å². The van der Waals surface area contributed by atoms with Crippen LogP contribution in [0.4, 0.5) is 5.13 Å². The van der Waals surface area contributed by atoms with Gasteiger partial charge in [-0.1, -0.05) is 24.3 Å². The molecule has 3 aromatic rings. The van der Waals surface area contributed by atoms with Crippen molar-refractivity contribution in [2.75, 3.05) is 18.6 Å². The van der Waals surface area contributed by atoms with Gasteiger partial charge in [-0.05, 0) is 49.1 Å². The standard InChI is InChI=1S/C24H22N2O6S2/c1-4-11-32-15-9-7-14(8-10-15)19(27)17-18(16-6-5-12-33-16)26(22(29)20(17)28)24-25-13(2)21(34-24)23(30)31-3/h5-10,12,18,28H,4,11H2,1-3H3. The first-order valence-corrected chi connectivity index (χ1v) is 12.2. The van der Waals surface area contributed by atoms with Crippen LogP contribution in [0, 0.1) is 6.92 Å². The largest absolute Gasteiger partial charge is 0.503 e. The summed E-state index contributed by atoms with van der Waals surface area (Å²) in [7, 11) is 1.26. The predicted octanol–water partition coefficient (Wildman–Crippen LogP) is 4.87. The maximum Gasteiger partial charge on any atom is 0.350 e. The van der Waals surface area contributed by atoms with Gasteiger partial charge in [0.2, 0.25) is 0 Å². The van der Waals surface area contributed by atoms with E-state index in [1.54, 1.807) is 43.3 Å². The Bertz CT molecular complexity index is 1260. The number of Topliss-reactive ketones (excluding diaryl/α,β-unsaturated/α-hetero) is 1. The topological polar surface area (TPSA) is 106 Å². The minimum atomic E-state index is -0.882. The van der Waals surface area contributed by atoms with E-state index >= 15 is 0 Å². The first-order valence-electron chi connectivity index (χ1n) is 10.5. The Morgan fingerprint density at radius 3 is 2.56 bits per heavy atom. The van der Waals surface area contributed by atoms with E-state index in [1.165, 1.54) is 23.3 Å². The molecule has 1 atom stereocenters. The molecule has 0 bridgehead atoms. The van der Waals surface area contributed by atoms with E-state index in [1.807, 2.05) is 12.3 Å². The molecule has 0 saturated heterocycles. The molecule has 2 aromatic heterocycles. The number of ether oxygens (including phenoxy) is 2. The Balaban J connectivity index is 1.75. The van der Waals surface area contributed by atoms with Crippen LogP contribution in [0.5, 0.6) is 5.75 Å². The molecule has 0 aliphatic carbocycles. The number of thiazole rings is 1. The van der Waals surface area contributed by atoms with Crippen molar-refractivity contribution >= 4 is 45.5 Å². The van der Waals surface area contributed by atoms with E-state index in [0.717, 1.165) is 17.8 Å². The molecule has 1 aliphatic heterocycles. The number of benzene rings is 1. The Morgan fingerprint density at radius 1 is 1.21 bits per heavy atom. The number of nitrogens with zero attached hydrogens (tertiary/aromatic N) is 2. The molecule has 10 heteroatoms. The van der Waals surface area contributed by atoms with Gasteiger partial charge in [-0.3, -0.25) is 14.5 Å². The van der Waals surface area contributed by atoms with Crippen molar-refractivity contribution in [3.05, 3.63) is 74.1 Å². The quantitative estimate of drug-likeness (QED) is 0.349. The average molecular weight is 499 g/mol. The summed E-state index contributed by atoms with van der Waals surface area (Å²) in [5.74, 6) is -1.81. The van der Waals surface area contributed by atoms with E-state index in [-0.39, 0.29) is 15.6 Å². The summed E-state index contributed by atoms with van der Waals surface area (Å²) in [6, 6.07) is 9.28. The molecule has 1 aliphatic rings. The first-order chi connectivity index (χ1) is 16.4. The number of esters is 1. The van der Waals surface area contributed by atoms with Crippen molar-refractivity contribution < 1.29 is 29.0 Å². The lowest BCUT2D eigenvalue weighted by Gasteiger charge is -2.23. The van der Waals surface area contributed by atoms with E-state index in [0.29, 0.717) is 28.5 Å². The summed E-state index contributed by atoms with van der Waals surface area (Å²) >= 11 is 2.32. The monoisotopic (exact) mass is 498 g/mol. The summed E-state index contributed by atoms with van der Waals surface area (Å²) in [5.41, 5.74) is 0.667. The van der Waals surface area contributed by atoms with Gasteiger partial charge in [0.1, 0.15) is 16.7 Å². The second-order valence-electron chi connectivity index (χ2n) is 7.46. The molecule has 0 saturated carbocycles. The molecule has 34 heavy (non-hydrogen) atoms. The summed E-state index contributed by atoms with van der Waals surface area (Å²) < 4.78 is 10.4. The third-order valence-electron chi connectivity index (χ3n) is 5.22. The highest BCUT2D eigenvalue weighted by Crippen LogP contribution is 2.45. The van der Waals surface area contributed by atoms with Crippen LogP contribution in [-0.4, -0.2) is 41.5 Å². The zero-order chi connectivity index (χ0) is 24.4. The highest BCUT2D eigenvalue weighted by molar-refractivity contribution is 7.17. The number of aliphatic hydroxyl groups is 1. The van der Waals surface area contributed by atoms with Gasteiger partial charge in [0.05, 0.1) is 25.0 Å². The number of rotatable bonds is 8. The van der Waals surface area contributed by atoms with Crippen molar-refractivity contribution in [1.82, 2.24) is 4.98 Å². The number of aromatic nitrogens is 1. The molecule has 1 unspecified atom stereocenters. The number of hydrogen-bond donors (Lipinski definition) is 1. The van der Waals surface area contributed by atoms with Gasteiger partial charge in [0.15, 0.2) is 16.7 Å². The lowest BCUT2D eigenvalue weighted by molar-refractivity contribution is -0.117. The summed E-state index contributed by atoms with van der Waals surface area (Å²) in [5, 5.41) is 12.8. The Labute approximate surface area is 204 Å². The fourth-order valence-corrected chi connectivity index (χ4v) is 5.43. The molecular formula is C24H22N2O6S2. The summed E-state index contributed by atoms with van der Waals surface area (Å²) in [6.45, 7) is 4.19. The summed E-state index contributed by atoms with van der Waals surface area (Å²) in [6.07, 6.45) is 0.857. The van der Waals surface area contributed by atoms with Crippen LogP contribution in [0.3, 0.4) is 0 Å². The minimum Gasteiger partial charge on any atom is -0.503 e. The van der Waals surface area contributed by atoms with Crippen molar-refractivity contribution in [2.45, 2.75) is 26.3 Å². The molecule has 1 N–H and O–H groups in total. The van der Waals surface area contributed by atoms with Gasteiger partial charge in [-0.25, -0.2) is 9.78 Å². The van der Waals surface area contributed by atoms with E-state index in [4.69, 9.17) is 9.47 Å². The number of amides is 1. The zero-order valence-corrected chi connectivity index (χ0v) is 20.4. The third-order valence-corrected chi connectivity index (χ3v) is 7.28. The second-order valence-corrected chi connectivity index (χ2v) is 9.42. The maximum absolute atomic E-state index is 13.5. The van der Waals surface area contributed by atoms with Gasteiger partial charge in [-0.2, -0.15) is 0 Å². The van der Waals surface area contributed by atoms with E-state index in [2.05, 4.69) is 4.98 Å². The smallest absolute Gasteiger partial charge is 0.350 e. The van der Waals surface area contributed by atoms with Crippen LogP contribution in [0.2, 0.25) is 0 Å². The van der Waals surface area contributed by atoms with Crippen LogP contribution in [0.1, 0.15) is 50.0 Å². The van der Waals surface area contributed by atoms with Crippen molar-refractivity contribution in [3.63, 3.8) is 0 Å². The van der Waals surface area contributed by atoms with E-state index in [9.17, 15) is 19.5 Å². The maximum atomic E-state index is 13.5. The number of carbonyl (C=O) groups excluding carboxylic acids is 3. The van der Waals surface area contributed by atoms with Gasteiger partial charge < -0.3 is 14.6 Å². The minimum absolute atomic E-state index is 0.0397. The molecule has 176 valence electrons. The lowest BCUT2D eigenvalue weighted by atomic mass is 9.97. The Hall–Kier alpha value is -3.50. The molecule has 1 amide bonds. The predicted molar refractivity (Wildman–Crippen MR) is 129 cm³/mol. The highest BCUT2D eigenvalue weighted by Gasteiger charge is 2.46. The Morgan fingerprint density at radius 2 is 1.94 bits per heavy atom. The average Bonchev–Trinajstić information content (AvgIpc) is 3.56. The number of aliphatic hydroxyl groups excluding tert-OH is 1. The van der Waals surface area contributed by atoms with Crippen LogP contribution in [-0.2, 0) is 9.53 Å². The number of aryl methyl sites for hydroxylation is 1. The van der Waals surface area contributed by atoms with Crippen LogP contribution < -0.4 is 9.64 Å². The van der Waals surface area contributed by atoms with Crippen molar-refractivity contribution in [3.8, 4) is 5.75 Å². The number of anilines is 1. The third kappa shape index (κ3) is 4.22. The fraction of sp³-hybridized carbons (Fsp3) is 0.250. The first kappa shape index (κ1) is 23.7. The summed E-state index contributed by atoms with van der Waals surface area (Å²) in [4.78, 5) is 45.4. The molecule has 1 aromatic carbocycles. The van der Waals surface area contributed by atoms with Crippen molar-refractivity contribution in [2.24, 2.45) is 0 Å². The zero-order valence-electron chi connectivity index (χ0n) is 18.7. The molecule has 4 rings (SSSR count). The molecule has 0 spiro atoms. The molecule has 3 heterocycles. The number of thiophene rings is 1. The number of methoxy groups -OCH3 is 1. The van der Waals surface area contributed by atoms with Gasteiger partial charge >= 0.3 is 5.97 Å². The van der Waals surface area contributed by atoms with Gasteiger partial charge in [0, 0.05) is 10.4 Å². The fourth-order valence-electron chi connectivity index (χ4n) is 3.60. The molecular weight excluding hydrogens is 476 g/mol. The lowest BCUT2D eigenvalue weighted by Crippen LogP contribution is -2.30. The second kappa shape index (κ2) is 9.78. The number of ketones is 1. The number of hydrogen-bond acceptors (Lipinski definition) is 9. The molecule has 0 radical (unpaired) electrons. The van der Waals surface area contributed by atoms with Crippen LogP contribution >= 0.6 is 22.7 Å². The van der Waals surface area contributed by atoms with Crippen LogP contribution in [0.25, 0.3) is 0 Å². The normalized spacial score (nSPS) is 15.7. The van der Waals surface area contributed by atoms with Gasteiger partial charge in [-0.15, -0.1) is 11.3 Å². The van der Waals surface area contributed by atoms with Gasteiger partial charge in [0.25, 0.3) is 5.91 Å². The highest BCUT2D eigenvalue weighted by atomic mass is 32.1. The number of carbonyl (C=O) groups is 3. The Kier molecular flexibility index (Phi) is 6.80. The SMILES string of the molecule is CCCOc1ccc(C(=O)C2=C(O)C(=O)N(c3nc(C)c(C(=O)OC)s3)C2c2cccs2)cc1. The molecule has 8 nitrogen and oxygen atoms in total. The van der Waals surface area contributed by atoms with Crippen molar-refractivity contribution in [1.29, 1.82) is 0 Å². The van der Waals surface area contributed by atoms with E-state index < -0.39 is 29.5 Å². The molecule has 0 fully saturated rings.